The molecular formula is C16H14Cl2N2O3. The van der Waals surface area contributed by atoms with Crippen molar-refractivity contribution in [3.63, 3.8) is 0 Å². The predicted molar refractivity (Wildman–Crippen MR) is 91.6 cm³/mol. The SMILES string of the molecule is COc1ccccc1NC(=O)CO/N=C/c1ccc(Cl)cc1Cl. The van der Waals surface area contributed by atoms with Crippen LogP contribution in [-0.2, 0) is 9.63 Å². The normalized spacial score (nSPS) is 10.6. The lowest BCUT2D eigenvalue weighted by molar-refractivity contribution is -0.120. The number of para-hydroxylation sites is 2. The van der Waals surface area contributed by atoms with Crippen molar-refractivity contribution in [1.29, 1.82) is 0 Å². The minimum Gasteiger partial charge on any atom is -0.495 e. The molecule has 2 rings (SSSR count). The highest BCUT2D eigenvalue weighted by Gasteiger charge is 2.07. The topological polar surface area (TPSA) is 59.9 Å². The standard InChI is InChI=1S/C16H14Cl2N2O3/c1-22-15-5-3-2-4-14(15)20-16(21)10-23-19-9-11-6-7-12(17)8-13(11)18/h2-9H,10H2,1H3,(H,20,21)/b19-9+. The first-order valence-electron chi connectivity index (χ1n) is 6.63. The summed E-state index contributed by atoms with van der Waals surface area (Å²) < 4.78 is 5.14. The van der Waals surface area contributed by atoms with Crippen LogP contribution in [0.2, 0.25) is 10.0 Å². The Morgan fingerprint density at radius 2 is 2.04 bits per heavy atom. The van der Waals surface area contributed by atoms with Crippen molar-refractivity contribution in [2.24, 2.45) is 5.16 Å². The van der Waals surface area contributed by atoms with Gasteiger partial charge in [0, 0.05) is 10.6 Å². The second-order valence-corrected chi connectivity index (χ2v) is 5.27. The molecule has 2 aromatic carbocycles. The maximum atomic E-state index is 11.8. The van der Waals surface area contributed by atoms with Gasteiger partial charge in [0.1, 0.15) is 5.75 Å². The van der Waals surface area contributed by atoms with E-state index in [0.717, 1.165) is 0 Å². The quantitative estimate of drug-likeness (QED) is 0.631. The highest BCUT2D eigenvalue weighted by atomic mass is 35.5. The van der Waals surface area contributed by atoms with Crippen molar-refractivity contribution in [3.8, 4) is 5.75 Å². The number of rotatable bonds is 6. The van der Waals surface area contributed by atoms with E-state index in [4.69, 9.17) is 32.8 Å². The summed E-state index contributed by atoms with van der Waals surface area (Å²) in [5.41, 5.74) is 1.20. The summed E-state index contributed by atoms with van der Waals surface area (Å²) in [4.78, 5) is 16.7. The van der Waals surface area contributed by atoms with Crippen LogP contribution >= 0.6 is 23.2 Å². The van der Waals surface area contributed by atoms with E-state index in [0.29, 0.717) is 27.0 Å². The van der Waals surface area contributed by atoms with Gasteiger partial charge >= 0.3 is 0 Å². The third kappa shape index (κ3) is 5.16. The molecular weight excluding hydrogens is 339 g/mol. The lowest BCUT2D eigenvalue weighted by Gasteiger charge is -2.08. The van der Waals surface area contributed by atoms with Crippen LogP contribution in [0.4, 0.5) is 5.69 Å². The molecule has 0 saturated carbocycles. The zero-order valence-corrected chi connectivity index (χ0v) is 13.8. The average Bonchev–Trinajstić information content (AvgIpc) is 2.53. The second kappa shape index (κ2) is 8.41. The van der Waals surface area contributed by atoms with Gasteiger partial charge in [-0.05, 0) is 24.3 Å². The first-order valence-corrected chi connectivity index (χ1v) is 7.39. The number of oxime groups is 1. The van der Waals surface area contributed by atoms with Gasteiger partial charge in [-0.25, -0.2) is 0 Å². The van der Waals surface area contributed by atoms with Crippen LogP contribution in [0.15, 0.2) is 47.6 Å². The zero-order chi connectivity index (χ0) is 16.7. The molecule has 2 aromatic rings. The molecule has 0 saturated heterocycles. The van der Waals surface area contributed by atoms with Crippen LogP contribution < -0.4 is 10.1 Å². The van der Waals surface area contributed by atoms with Crippen molar-refractivity contribution >= 4 is 41.0 Å². The summed E-state index contributed by atoms with van der Waals surface area (Å²) in [6, 6.07) is 12.1. The summed E-state index contributed by atoms with van der Waals surface area (Å²) in [6.07, 6.45) is 1.41. The highest BCUT2D eigenvalue weighted by molar-refractivity contribution is 6.36. The number of hydrogen-bond acceptors (Lipinski definition) is 4. The van der Waals surface area contributed by atoms with Gasteiger partial charge in [0.15, 0.2) is 6.61 Å². The van der Waals surface area contributed by atoms with E-state index in [1.54, 1.807) is 36.4 Å². The van der Waals surface area contributed by atoms with Crippen molar-refractivity contribution in [3.05, 3.63) is 58.1 Å². The Morgan fingerprint density at radius 3 is 2.78 bits per heavy atom. The number of benzene rings is 2. The van der Waals surface area contributed by atoms with E-state index >= 15 is 0 Å². The van der Waals surface area contributed by atoms with E-state index in [1.165, 1.54) is 13.3 Å². The maximum absolute atomic E-state index is 11.8. The van der Waals surface area contributed by atoms with Crippen LogP contribution in [0.1, 0.15) is 5.56 Å². The van der Waals surface area contributed by atoms with Gasteiger partial charge in [-0.15, -0.1) is 0 Å². The van der Waals surface area contributed by atoms with Crippen molar-refractivity contribution in [2.75, 3.05) is 19.0 Å². The molecule has 0 fully saturated rings. The monoisotopic (exact) mass is 352 g/mol. The fourth-order valence-electron chi connectivity index (χ4n) is 1.73. The molecule has 0 aliphatic carbocycles. The van der Waals surface area contributed by atoms with Gasteiger partial charge in [0.2, 0.25) is 0 Å². The molecule has 7 heteroatoms. The van der Waals surface area contributed by atoms with Crippen molar-refractivity contribution < 1.29 is 14.4 Å². The number of nitrogens with zero attached hydrogens (tertiary/aromatic N) is 1. The Labute approximate surface area is 143 Å². The maximum Gasteiger partial charge on any atom is 0.265 e. The van der Waals surface area contributed by atoms with Crippen LogP contribution in [0, 0.1) is 0 Å². The number of nitrogens with one attached hydrogen (secondary N) is 1. The van der Waals surface area contributed by atoms with E-state index in [9.17, 15) is 4.79 Å². The van der Waals surface area contributed by atoms with Gasteiger partial charge in [-0.3, -0.25) is 4.79 Å². The van der Waals surface area contributed by atoms with Crippen LogP contribution in [0.5, 0.6) is 5.75 Å². The molecule has 0 unspecified atom stereocenters. The number of anilines is 1. The molecule has 0 heterocycles. The molecule has 0 aliphatic rings. The Bertz CT molecular complexity index is 720. The van der Waals surface area contributed by atoms with Crippen LogP contribution in [0.25, 0.3) is 0 Å². The first kappa shape index (κ1) is 17.1. The number of amides is 1. The number of carbonyl (C=O) groups excluding carboxylic acids is 1. The van der Waals surface area contributed by atoms with Gasteiger partial charge in [-0.1, -0.05) is 46.6 Å². The molecule has 0 bridgehead atoms. The summed E-state index contributed by atoms with van der Waals surface area (Å²) in [5, 5.41) is 7.36. The third-order valence-electron chi connectivity index (χ3n) is 2.81. The molecule has 5 nitrogen and oxygen atoms in total. The van der Waals surface area contributed by atoms with Gasteiger partial charge < -0.3 is 14.9 Å². The molecule has 0 aromatic heterocycles. The summed E-state index contributed by atoms with van der Waals surface area (Å²) in [5.74, 6) is 0.214. The largest absolute Gasteiger partial charge is 0.495 e. The Kier molecular flexibility index (Phi) is 6.26. The van der Waals surface area contributed by atoms with Gasteiger partial charge in [0.05, 0.1) is 24.0 Å². The molecule has 1 amide bonds. The third-order valence-corrected chi connectivity index (χ3v) is 3.37. The molecule has 0 atom stereocenters. The molecule has 0 aliphatic heterocycles. The predicted octanol–water partition coefficient (Wildman–Crippen LogP) is 3.99. The molecule has 0 spiro atoms. The fraction of sp³-hybridized carbons (Fsp3) is 0.125. The van der Waals surface area contributed by atoms with E-state index in [1.807, 2.05) is 6.07 Å². The lowest BCUT2D eigenvalue weighted by Crippen LogP contribution is -2.17. The fourth-order valence-corrected chi connectivity index (χ4v) is 2.19. The summed E-state index contributed by atoms with van der Waals surface area (Å²) in [6.45, 7) is -0.236. The van der Waals surface area contributed by atoms with Crippen molar-refractivity contribution in [1.82, 2.24) is 0 Å². The van der Waals surface area contributed by atoms with E-state index < -0.39 is 0 Å². The van der Waals surface area contributed by atoms with Gasteiger partial charge in [0.25, 0.3) is 5.91 Å². The smallest absolute Gasteiger partial charge is 0.265 e. The second-order valence-electron chi connectivity index (χ2n) is 4.42. The van der Waals surface area contributed by atoms with Crippen LogP contribution in [0.3, 0.4) is 0 Å². The minimum atomic E-state index is -0.353. The Morgan fingerprint density at radius 1 is 1.26 bits per heavy atom. The average molecular weight is 353 g/mol. The summed E-state index contributed by atoms with van der Waals surface area (Å²) >= 11 is 11.8. The summed E-state index contributed by atoms with van der Waals surface area (Å²) in [7, 11) is 1.53. The molecule has 23 heavy (non-hydrogen) atoms. The van der Waals surface area contributed by atoms with E-state index in [2.05, 4.69) is 10.5 Å². The number of methoxy groups -OCH3 is 1. The highest BCUT2D eigenvalue weighted by Crippen LogP contribution is 2.22. The minimum absolute atomic E-state index is 0.236. The Balaban J connectivity index is 1.86. The molecule has 1 N–H and O–H groups in total. The zero-order valence-electron chi connectivity index (χ0n) is 12.3. The van der Waals surface area contributed by atoms with Crippen molar-refractivity contribution in [2.45, 2.75) is 0 Å². The van der Waals surface area contributed by atoms with Crippen LogP contribution in [-0.4, -0.2) is 25.8 Å². The number of halogens is 2. The van der Waals surface area contributed by atoms with E-state index in [-0.39, 0.29) is 12.5 Å². The number of ether oxygens (including phenoxy) is 1. The molecule has 0 radical (unpaired) electrons. The van der Waals surface area contributed by atoms with Gasteiger partial charge in [-0.2, -0.15) is 0 Å². The lowest BCUT2D eigenvalue weighted by atomic mass is 10.2. The Hall–Kier alpha value is -2.24. The number of hydrogen-bond donors (Lipinski definition) is 1. The molecule has 120 valence electrons. The first-order chi connectivity index (χ1) is 11.1. The number of carbonyl (C=O) groups is 1.